The third-order valence-corrected chi connectivity index (χ3v) is 1.99. The van der Waals surface area contributed by atoms with E-state index in [1.165, 1.54) is 0 Å². The minimum atomic E-state index is -0.382. The lowest BCUT2D eigenvalue weighted by Gasteiger charge is -2.35. The largest absolute Gasteiger partial charge is 0.394 e. The number of nitrogens with one attached hydrogen (secondary N) is 3. The van der Waals surface area contributed by atoms with E-state index in [0.717, 1.165) is 19.6 Å². The molecule has 92 valence electrons. The zero-order chi connectivity index (χ0) is 11.6. The van der Waals surface area contributed by atoms with E-state index in [1.54, 1.807) is 0 Å². The molecule has 0 unspecified atom stereocenters. The van der Waals surface area contributed by atoms with Crippen LogP contribution in [0.1, 0.15) is 20.8 Å². The van der Waals surface area contributed by atoms with E-state index in [2.05, 4.69) is 36.7 Å². The molecule has 5 nitrogen and oxygen atoms in total. The minimum absolute atomic E-state index is 0.0560. The van der Waals surface area contributed by atoms with Crippen molar-refractivity contribution in [3.05, 3.63) is 0 Å². The fourth-order valence-electron chi connectivity index (χ4n) is 1.54. The molecule has 0 saturated carbocycles. The van der Waals surface area contributed by atoms with Crippen LogP contribution in [0.5, 0.6) is 0 Å². The van der Waals surface area contributed by atoms with Gasteiger partial charge in [-0.1, -0.05) is 20.8 Å². The summed E-state index contributed by atoms with van der Waals surface area (Å²) in [5.74, 6) is -0.382. The number of aliphatic hydroxyl groups is 1. The van der Waals surface area contributed by atoms with Gasteiger partial charge in [0.2, 0.25) is 0 Å². The Kier molecular flexibility index (Phi) is 8.94. The summed E-state index contributed by atoms with van der Waals surface area (Å²) in [6, 6.07) is 0. The van der Waals surface area contributed by atoms with Crippen LogP contribution < -0.4 is 16.0 Å². The van der Waals surface area contributed by atoms with Gasteiger partial charge in [0.25, 0.3) is 0 Å². The lowest BCUT2D eigenvalue weighted by atomic mass is 10.3. The highest BCUT2D eigenvalue weighted by molar-refractivity contribution is 4.81. The van der Waals surface area contributed by atoms with Gasteiger partial charge in [-0.3, -0.25) is 16.0 Å². The Balaban J connectivity index is 4.18. The van der Waals surface area contributed by atoms with Crippen LogP contribution in [0.2, 0.25) is 0 Å². The highest BCUT2D eigenvalue weighted by Crippen LogP contribution is 1.96. The van der Waals surface area contributed by atoms with Gasteiger partial charge in [0.1, 0.15) is 5.79 Å². The third kappa shape index (κ3) is 6.06. The maximum atomic E-state index is 8.67. The van der Waals surface area contributed by atoms with E-state index in [-0.39, 0.29) is 12.4 Å². The molecule has 0 aliphatic heterocycles. The number of ether oxygens (including phenoxy) is 1. The molecule has 0 aliphatic carbocycles. The summed E-state index contributed by atoms with van der Waals surface area (Å²) in [5.41, 5.74) is 0. The first-order valence-electron chi connectivity index (χ1n) is 5.68. The van der Waals surface area contributed by atoms with Crippen molar-refractivity contribution in [3.8, 4) is 0 Å². The Bertz CT molecular complexity index is 128. The standard InChI is InChI=1S/C10H25N3O2/c1-4-11-10(12-5-2,13-6-3)9-15-8-7-14/h11-14H,4-9H2,1-3H3. The molecule has 0 bridgehead atoms. The lowest BCUT2D eigenvalue weighted by molar-refractivity contribution is 0.0182. The van der Waals surface area contributed by atoms with E-state index in [4.69, 9.17) is 9.84 Å². The van der Waals surface area contributed by atoms with Crippen molar-refractivity contribution < 1.29 is 9.84 Å². The second-order valence-corrected chi connectivity index (χ2v) is 3.27. The van der Waals surface area contributed by atoms with Gasteiger partial charge < -0.3 is 9.84 Å². The van der Waals surface area contributed by atoms with Crippen LogP contribution >= 0.6 is 0 Å². The van der Waals surface area contributed by atoms with Gasteiger partial charge in [-0.15, -0.1) is 0 Å². The predicted molar refractivity (Wildman–Crippen MR) is 61.7 cm³/mol. The summed E-state index contributed by atoms with van der Waals surface area (Å²) in [5, 5.41) is 18.7. The van der Waals surface area contributed by atoms with E-state index in [0.29, 0.717) is 13.2 Å². The molecule has 4 N–H and O–H groups in total. The topological polar surface area (TPSA) is 65.5 Å². The second-order valence-electron chi connectivity index (χ2n) is 3.27. The van der Waals surface area contributed by atoms with Crippen molar-refractivity contribution in [2.24, 2.45) is 0 Å². The molecule has 0 atom stereocenters. The molecular weight excluding hydrogens is 194 g/mol. The number of likely N-dealkylation sites (N-methyl/N-ethyl adjacent to an activating group) is 3. The van der Waals surface area contributed by atoms with Crippen molar-refractivity contribution in [2.45, 2.75) is 26.6 Å². The Morgan fingerprint density at radius 1 is 1.00 bits per heavy atom. The molecule has 0 radical (unpaired) electrons. The molecule has 0 heterocycles. The van der Waals surface area contributed by atoms with Crippen LogP contribution in [0.15, 0.2) is 0 Å². The molecule has 0 amide bonds. The van der Waals surface area contributed by atoms with Crippen LogP contribution in [0.4, 0.5) is 0 Å². The molecule has 0 aromatic rings. The van der Waals surface area contributed by atoms with Gasteiger partial charge in [-0.25, -0.2) is 0 Å². The SMILES string of the molecule is CCNC(COCCO)(NCC)NCC. The summed E-state index contributed by atoms with van der Waals surface area (Å²) in [7, 11) is 0. The number of hydrogen-bond acceptors (Lipinski definition) is 5. The highest BCUT2D eigenvalue weighted by atomic mass is 16.5. The molecule has 0 saturated heterocycles. The minimum Gasteiger partial charge on any atom is -0.394 e. The van der Waals surface area contributed by atoms with Crippen molar-refractivity contribution in [2.75, 3.05) is 39.5 Å². The first-order valence-corrected chi connectivity index (χ1v) is 5.68. The first kappa shape index (κ1) is 14.8. The van der Waals surface area contributed by atoms with Crippen LogP contribution in [0.25, 0.3) is 0 Å². The summed E-state index contributed by atoms with van der Waals surface area (Å²) in [6.45, 7) is 9.61. The molecule has 15 heavy (non-hydrogen) atoms. The van der Waals surface area contributed by atoms with Crippen molar-refractivity contribution in [1.29, 1.82) is 0 Å². The smallest absolute Gasteiger partial charge is 0.147 e. The number of aliphatic hydroxyl groups excluding tert-OH is 1. The molecule has 0 aromatic heterocycles. The monoisotopic (exact) mass is 219 g/mol. The zero-order valence-electron chi connectivity index (χ0n) is 10.1. The quantitative estimate of drug-likeness (QED) is 0.294. The van der Waals surface area contributed by atoms with Crippen LogP contribution in [-0.2, 0) is 4.74 Å². The van der Waals surface area contributed by atoms with Gasteiger partial charge >= 0.3 is 0 Å². The van der Waals surface area contributed by atoms with Crippen molar-refractivity contribution >= 4 is 0 Å². The predicted octanol–water partition coefficient (Wildman–Crippen LogP) is -0.522. The Hall–Kier alpha value is -0.200. The van der Waals surface area contributed by atoms with E-state index < -0.39 is 0 Å². The maximum Gasteiger partial charge on any atom is 0.147 e. The van der Waals surface area contributed by atoms with Gasteiger partial charge in [-0.05, 0) is 19.6 Å². The van der Waals surface area contributed by atoms with Gasteiger partial charge in [0, 0.05) is 0 Å². The Labute approximate surface area is 92.6 Å². The summed E-state index contributed by atoms with van der Waals surface area (Å²) >= 11 is 0. The van der Waals surface area contributed by atoms with Crippen LogP contribution in [-0.4, -0.2) is 50.3 Å². The summed E-state index contributed by atoms with van der Waals surface area (Å²) in [4.78, 5) is 0. The van der Waals surface area contributed by atoms with E-state index in [1.807, 2.05) is 0 Å². The molecule has 0 aromatic carbocycles. The summed E-state index contributed by atoms with van der Waals surface area (Å²) in [6.07, 6.45) is 0. The molecule has 0 fully saturated rings. The number of rotatable bonds is 10. The fourth-order valence-corrected chi connectivity index (χ4v) is 1.54. The van der Waals surface area contributed by atoms with Gasteiger partial charge in [0.05, 0.1) is 19.8 Å². The third-order valence-electron chi connectivity index (χ3n) is 1.99. The normalized spacial score (nSPS) is 12.0. The van der Waals surface area contributed by atoms with E-state index >= 15 is 0 Å². The van der Waals surface area contributed by atoms with E-state index in [9.17, 15) is 0 Å². The van der Waals surface area contributed by atoms with Gasteiger partial charge in [-0.2, -0.15) is 0 Å². The molecule has 0 aliphatic rings. The average Bonchev–Trinajstić information content (AvgIpc) is 2.19. The average molecular weight is 219 g/mol. The van der Waals surface area contributed by atoms with Crippen molar-refractivity contribution in [3.63, 3.8) is 0 Å². The second kappa shape index (κ2) is 9.06. The zero-order valence-corrected chi connectivity index (χ0v) is 10.1. The Morgan fingerprint density at radius 3 is 1.80 bits per heavy atom. The number of hydrogen-bond donors (Lipinski definition) is 4. The molecule has 0 spiro atoms. The van der Waals surface area contributed by atoms with Gasteiger partial charge in [0.15, 0.2) is 0 Å². The lowest BCUT2D eigenvalue weighted by Crippen LogP contribution is -2.69. The Morgan fingerprint density at radius 2 is 1.47 bits per heavy atom. The van der Waals surface area contributed by atoms with Crippen LogP contribution in [0, 0.1) is 0 Å². The fraction of sp³-hybridized carbons (Fsp3) is 1.00. The van der Waals surface area contributed by atoms with Crippen molar-refractivity contribution in [1.82, 2.24) is 16.0 Å². The molecular formula is C10H25N3O2. The molecule has 5 heteroatoms. The highest BCUT2D eigenvalue weighted by Gasteiger charge is 2.26. The summed E-state index contributed by atoms with van der Waals surface area (Å²) < 4.78 is 5.37. The first-order chi connectivity index (χ1) is 7.24. The molecule has 0 rings (SSSR count). The van der Waals surface area contributed by atoms with Crippen LogP contribution in [0.3, 0.4) is 0 Å². The maximum absolute atomic E-state index is 8.67.